The molecular formula is C21H18F3NO3S. The Morgan fingerprint density at radius 2 is 1.52 bits per heavy atom. The summed E-state index contributed by atoms with van der Waals surface area (Å²) < 4.78 is 54.1. The lowest BCUT2D eigenvalue weighted by atomic mass is 10.3. The highest BCUT2D eigenvalue weighted by molar-refractivity contribution is 8.00. The minimum atomic E-state index is -4.31. The van der Waals surface area contributed by atoms with Crippen molar-refractivity contribution in [3.8, 4) is 23.1 Å². The number of hydrogen-bond donors (Lipinski definition) is 0. The molecule has 2 aromatic carbocycles. The van der Waals surface area contributed by atoms with Crippen LogP contribution < -0.4 is 14.2 Å². The van der Waals surface area contributed by atoms with Gasteiger partial charge in [-0.2, -0.15) is 13.2 Å². The highest BCUT2D eigenvalue weighted by Gasteiger charge is 2.29. The molecule has 0 bridgehead atoms. The van der Waals surface area contributed by atoms with E-state index in [4.69, 9.17) is 14.2 Å². The molecule has 1 unspecified atom stereocenters. The van der Waals surface area contributed by atoms with Crippen molar-refractivity contribution in [2.75, 3.05) is 6.61 Å². The zero-order chi connectivity index (χ0) is 20.7. The molecule has 0 aliphatic heterocycles. The summed E-state index contributed by atoms with van der Waals surface area (Å²) in [5, 5.41) is 0. The maximum atomic E-state index is 12.4. The van der Waals surface area contributed by atoms with E-state index in [1.54, 1.807) is 36.5 Å². The van der Waals surface area contributed by atoms with Crippen LogP contribution in [-0.4, -0.2) is 23.2 Å². The van der Waals surface area contributed by atoms with E-state index in [1.165, 1.54) is 24.3 Å². The molecule has 29 heavy (non-hydrogen) atoms. The van der Waals surface area contributed by atoms with Crippen LogP contribution in [0.25, 0.3) is 0 Å². The van der Waals surface area contributed by atoms with Crippen LogP contribution in [0.2, 0.25) is 0 Å². The predicted octanol–water partition coefficient (Wildman–Crippen LogP) is 6.33. The molecule has 1 atom stereocenters. The van der Waals surface area contributed by atoms with Crippen molar-refractivity contribution < 1.29 is 27.4 Å². The lowest BCUT2D eigenvalue weighted by Gasteiger charge is -2.15. The fourth-order valence-electron chi connectivity index (χ4n) is 2.32. The van der Waals surface area contributed by atoms with Crippen molar-refractivity contribution in [1.29, 1.82) is 0 Å². The minimum Gasteiger partial charge on any atom is -0.490 e. The molecule has 0 fully saturated rings. The lowest BCUT2D eigenvalue weighted by molar-refractivity contribution is -0.0328. The highest BCUT2D eigenvalue weighted by atomic mass is 32.2. The summed E-state index contributed by atoms with van der Waals surface area (Å²) in [5.41, 5.74) is -4.31. The third-order valence-corrected chi connectivity index (χ3v) is 4.30. The van der Waals surface area contributed by atoms with E-state index < -0.39 is 5.51 Å². The number of benzene rings is 2. The van der Waals surface area contributed by atoms with Crippen molar-refractivity contribution in [2.45, 2.75) is 23.4 Å². The number of rotatable bonds is 8. The van der Waals surface area contributed by atoms with E-state index in [0.29, 0.717) is 29.7 Å². The molecule has 0 aliphatic carbocycles. The number of ether oxygens (including phenoxy) is 3. The van der Waals surface area contributed by atoms with Crippen molar-refractivity contribution in [3.63, 3.8) is 0 Å². The molecule has 0 saturated heterocycles. The van der Waals surface area contributed by atoms with Crippen LogP contribution in [0.15, 0.2) is 77.8 Å². The maximum Gasteiger partial charge on any atom is 0.446 e. The normalized spacial score (nSPS) is 12.3. The van der Waals surface area contributed by atoms with Gasteiger partial charge in [-0.05, 0) is 73.3 Å². The van der Waals surface area contributed by atoms with Crippen LogP contribution in [0.4, 0.5) is 13.2 Å². The van der Waals surface area contributed by atoms with Gasteiger partial charge in [0.25, 0.3) is 0 Å². The molecule has 3 aromatic rings. The van der Waals surface area contributed by atoms with E-state index in [2.05, 4.69) is 4.98 Å². The molecule has 1 heterocycles. The van der Waals surface area contributed by atoms with E-state index in [1.807, 2.05) is 19.1 Å². The van der Waals surface area contributed by atoms with Crippen LogP contribution in [0.1, 0.15) is 6.92 Å². The van der Waals surface area contributed by atoms with E-state index in [0.717, 1.165) is 0 Å². The number of pyridine rings is 1. The largest absolute Gasteiger partial charge is 0.490 e. The van der Waals surface area contributed by atoms with Crippen molar-refractivity contribution in [3.05, 3.63) is 72.9 Å². The number of hydrogen-bond acceptors (Lipinski definition) is 5. The summed E-state index contributed by atoms with van der Waals surface area (Å²) in [5.74, 6) is 2.17. The summed E-state index contributed by atoms with van der Waals surface area (Å²) in [6, 6.07) is 18.1. The third-order valence-electron chi connectivity index (χ3n) is 3.56. The molecule has 4 nitrogen and oxygen atoms in total. The Bertz CT molecular complexity index is 888. The molecule has 0 aliphatic rings. The Morgan fingerprint density at radius 1 is 0.897 bits per heavy atom. The Hall–Kier alpha value is -2.87. The third kappa shape index (κ3) is 7.23. The standard InChI is InChI=1S/C21H18F3NO3S/c1-15(27-20-4-2-3-13-25-20)14-26-16-5-7-17(8-6-16)28-18-9-11-19(12-10-18)29-21(22,23)24/h2-13,15H,14H2,1H3. The number of alkyl halides is 3. The summed E-state index contributed by atoms with van der Waals surface area (Å²) in [7, 11) is 0. The summed E-state index contributed by atoms with van der Waals surface area (Å²) in [6.45, 7) is 2.22. The summed E-state index contributed by atoms with van der Waals surface area (Å²) in [6.07, 6.45) is 1.47. The van der Waals surface area contributed by atoms with Gasteiger partial charge in [0, 0.05) is 17.2 Å². The SMILES string of the molecule is CC(COc1ccc(Oc2ccc(SC(F)(F)F)cc2)cc1)Oc1ccccn1. The monoisotopic (exact) mass is 421 g/mol. The Morgan fingerprint density at radius 3 is 2.10 bits per heavy atom. The molecule has 8 heteroatoms. The first-order valence-corrected chi connectivity index (χ1v) is 9.53. The molecule has 1 aromatic heterocycles. The second-order valence-electron chi connectivity index (χ2n) is 6.00. The molecule has 152 valence electrons. The van der Waals surface area contributed by atoms with Gasteiger partial charge < -0.3 is 14.2 Å². The van der Waals surface area contributed by atoms with Gasteiger partial charge in [0.2, 0.25) is 5.88 Å². The second kappa shape index (κ2) is 9.56. The maximum absolute atomic E-state index is 12.4. The predicted molar refractivity (Wildman–Crippen MR) is 105 cm³/mol. The highest BCUT2D eigenvalue weighted by Crippen LogP contribution is 2.37. The fraction of sp³-hybridized carbons (Fsp3) is 0.190. The van der Waals surface area contributed by atoms with Crippen LogP contribution >= 0.6 is 11.8 Å². The van der Waals surface area contributed by atoms with Crippen molar-refractivity contribution in [1.82, 2.24) is 4.98 Å². The Labute approximate surface area is 170 Å². The van der Waals surface area contributed by atoms with Gasteiger partial charge in [-0.1, -0.05) is 6.07 Å². The average Bonchev–Trinajstić information content (AvgIpc) is 2.69. The first kappa shape index (κ1) is 20.9. The molecule has 0 amide bonds. The van der Waals surface area contributed by atoms with Gasteiger partial charge in [0.15, 0.2) is 0 Å². The van der Waals surface area contributed by atoms with Crippen molar-refractivity contribution in [2.24, 2.45) is 0 Å². The summed E-state index contributed by atoms with van der Waals surface area (Å²) >= 11 is -0.160. The quantitative estimate of drug-likeness (QED) is 0.398. The number of aromatic nitrogens is 1. The van der Waals surface area contributed by atoms with Crippen LogP contribution in [-0.2, 0) is 0 Å². The van der Waals surface area contributed by atoms with Gasteiger partial charge in [-0.15, -0.1) is 0 Å². The van der Waals surface area contributed by atoms with Gasteiger partial charge in [-0.3, -0.25) is 0 Å². The van der Waals surface area contributed by atoms with Crippen molar-refractivity contribution >= 4 is 11.8 Å². The Kier molecular flexibility index (Phi) is 6.87. The smallest absolute Gasteiger partial charge is 0.446 e. The van der Waals surface area contributed by atoms with E-state index >= 15 is 0 Å². The molecule has 0 spiro atoms. The zero-order valence-electron chi connectivity index (χ0n) is 15.4. The molecule has 0 saturated carbocycles. The minimum absolute atomic E-state index is 0.107. The van der Waals surface area contributed by atoms with Gasteiger partial charge in [-0.25, -0.2) is 4.98 Å². The lowest BCUT2D eigenvalue weighted by Crippen LogP contribution is -2.21. The second-order valence-corrected chi connectivity index (χ2v) is 7.14. The van der Waals surface area contributed by atoms with E-state index in [-0.39, 0.29) is 22.8 Å². The molecule has 0 radical (unpaired) electrons. The fourth-order valence-corrected chi connectivity index (χ4v) is 2.86. The number of halogens is 3. The first-order chi connectivity index (χ1) is 13.9. The Balaban J connectivity index is 1.48. The van der Waals surface area contributed by atoms with Gasteiger partial charge >= 0.3 is 5.51 Å². The van der Waals surface area contributed by atoms with E-state index in [9.17, 15) is 13.2 Å². The number of nitrogens with zero attached hydrogens (tertiary/aromatic N) is 1. The molecular weight excluding hydrogens is 403 g/mol. The van der Waals surface area contributed by atoms with Crippen LogP contribution in [0.3, 0.4) is 0 Å². The first-order valence-electron chi connectivity index (χ1n) is 8.71. The average molecular weight is 421 g/mol. The zero-order valence-corrected chi connectivity index (χ0v) is 16.2. The van der Waals surface area contributed by atoms with Gasteiger partial charge in [0.1, 0.15) is 30.0 Å². The van der Waals surface area contributed by atoms with Crippen LogP contribution in [0, 0.1) is 0 Å². The molecule has 0 N–H and O–H groups in total. The topological polar surface area (TPSA) is 40.6 Å². The van der Waals surface area contributed by atoms with Crippen LogP contribution in [0.5, 0.6) is 23.1 Å². The summed E-state index contributed by atoms with van der Waals surface area (Å²) in [4.78, 5) is 4.20. The molecule has 3 rings (SSSR count). The van der Waals surface area contributed by atoms with Gasteiger partial charge in [0.05, 0.1) is 0 Å². The number of thioether (sulfide) groups is 1.